The molecule has 116 valence electrons. The molecule has 0 saturated heterocycles. The summed E-state index contributed by atoms with van der Waals surface area (Å²) in [5.74, 6) is 0.199. The molecule has 2 atom stereocenters. The number of rotatable bonds is 7. The SMILES string of the molecule is CCC(C)C(O)CNC(=O)NCC1(c2ccccc2)CC1. The highest BCUT2D eigenvalue weighted by molar-refractivity contribution is 5.74. The van der Waals surface area contributed by atoms with Crippen LogP contribution in [-0.2, 0) is 5.41 Å². The molecule has 1 fully saturated rings. The third kappa shape index (κ3) is 4.21. The van der Waals surface area contributed by atoms with Crippen LogP contribution in [0.4, 0.5) is 4.79 Å². The number of amides is 2. The molecule has 1 aliphatic rings. The Morgan fingerprint density at radius 3 is 2.52 bits per heavy atom. The third-order valence-corrected chi connectivity index (χ3v) is 4.60. The van der Waals surface area contributed by atoms with Crippen molar-refractivity contribution in [2.24, 2.45) is 5.92 Å². The van der Waals surface area contributed by atoms with E-state index in [9.17, 15) is 9.90 Å². The maximum Gasteiger partial charge on any atom is 0.314 e. The minimum Gasteiger partial charge on any atom is -0.391 e. The summed E-state index contributed by atoms with van der Waals surface area (Å²) in [7, 11) is 0. The van der Waals surface area contributed by atoms with Crippen LogP contribution in [0.2, 0.25) is 0 Å². The van der Waals surface area contributed by atoms with Gasteiger partial charge in [-0.05, 0) is 24.3 Å². The summed E-state index contributed by atoms with van der Waals surface area (Å²) in [5, 5.41) is 15.5. The van der Waals surface area contributed by atoms with Crippen LogP contribution >= 0.6 is 0 Å². The molecule has 2 amide bonds. The number of hydrogen-bond donors (Lipinski definition) is 3. The first-order valence-electron chi connectivity index (χ1n) is 7.83. The summed E-state index contributed by atoms with van der Waals surface area (Å²) >= 11 is 0. The van der Waals surface area contributed by atoms with E-state index < -0.39 is 6.10 Å². The lowest BCUT2D eigenvalue weighted by molar-refractivity contribution is 0.114. The average Bonchev–Trinajstić information content (AvgIpc) is 3.32. The van der Waals surface area contributed by atoms with Gasteiger partial charge < -0.3 is 15.7 Å². The van der Waals surface area contributed by atoms with Gasteiger partial charge in [-0.15, -0.1) is 0 Å². The smallest absolute Gasteiger partial charge is 0.314 e. The average molecular weight is 290 g/mol. The van der Waals surface area contributed by atoms with Crippen LogP contribution in [-0.4, -0.2) is 30.3 Å². The predicted octanol–water partition coefficient (Wildman–Crippen LogP) is 2.42. The van der Waals surface area contributed by atoms with Gasteiger partial charge in [-0.25, -0.2) is 4.79 Å². The lowest BCUT2D eigenvalue weighted by Crippen LogP contribution is -2.43. The van der Waals surface area contributed by atoms with E-state index in [1.807, 2.05) is 32.0 Å². The first kappa shape index (κ1) is 15.8. The third-order valence-electron chi connectivity index (χ3n) is 4.60. The van der Waals surface area contributed by atoms with Crippen LogP contribution in [0.3, 0.4) is 0 Å². The Bertz CT molecular complexity index is 457. The van der Waals surface area contributed by atoms with Crippen LogP contribution in [0.1, 0.15) is 38.7 Å². The molecule has 2 unspecified atom stereocenters. The minimum atomic E-state index is -0.482. The van der Waals surface area contributed by atoms with E-state index in [-0.39, 0.29) is 17.4 Å². The first-order chi connectivity index (χ1) is 10.1. The van der Waals surface area contributed by atoms with Crippen molar-refractivity contribution < 1.29 is 9.90 Å². The van der Waals surface area contributed by atoms with E-state index in [0.29, 0.717) is 13.1 Å². The number of carbonyl (C=O) groups is 1. The molecule has 1 aromatic carbocycles. The summed E-state index contributed by atoms with van der Waals surface area (Å²) in [6.45, 7) is 4.98. The maximum atomic E-state index is 11.8. The number of carbonyl (C=O) groups excluding carboxylic acids is 1. The van der Waals surface area contributed by atoms with Gasteiger partial charge in [0.15, 0.2) is 0 Å². The van der Waals surface area contributed by atoms with Crippen molar-refractivity contribution >= 4 is 6.03 Å². The summed E-state index contributed by atoms with van der Waals surface area (Å²) in [6.07, 6.45) is 2.66. The molecule has 1 aromatic rings. The molecular weight excluding hydrogens is 264 g/mol. The Labute approximate surface area is 126 Å². The van der Waals surface area contributed by atoms with Crippen molar-refractivity contribution in [3.8, 4) is 0 Å². The van der Waals surface area contributed by atoms with Crippen molar-refractivity contribution in [2.75, 3.05) is 13.1 Å². The van der Waals surface area contributed by atoms with Gasteiger partial charge in [0.25, 0.3) is 0 Å². The highest BCUT2D eigenvalue weighted by Crippen LogP contribution is 2.47. The van der Waals surface area contributed by atoms with Crippen molar-refractivity contribution in [3.63, 3.8) is 0 Å². The highest BCUT2D eigenvalue weighted by atomic mass is 16.3. The van der Waals surface area contributed by atoms with Crippen molar-refractivity contribution in [1.82, 2.24) is 10.6 Å². The number of aliphatic hydroxyl groups is 1. The Hall–Kier alpha value is -1.55. The van der Waals surface area contributed by atoms with Crippen LogP contribution in [0.5, 0.6) is 0 Å². The van der Waals surface area contributed by atoms with Crippen molar-refractivity contribution in [2.45, 2.75) is 44.6 Å². The molecule has 3 N–H and O–H groups in total. The van der Waals surface area contributed by atoms with E-state index in [1.165, 1.54) is 5.56 Å². The summed E-state index contributed by atoms with van der Waals surface area (Å²) in [6, 6.07) is 10.1. The Morgan fingerprint density at radius 1 is 1.29 bits per heavy atom. The number of hydrogen-bond acceptors (Lipinski definition) is 2. The molecule has 0 spiro atoms. The number of urea groups is 1. The zero-order valence-corrected chi connectivity index (χ0v) is 12.9. The second kappa shape index (κ2) is 6.94. The van der Waals surface area contributed by atoms with Crippen LogP contribution in [0.25, 0.3) is 0 Å². The number of aliphatic hydroxyl groups excluding tert-OH is 1. The van der Waals surface area contributed by atoms with Crippen LogP contribution in [0.15, 0.2) is 30.3 Å². The summed E-state index contributed by atoms with van der Waals surface area (Å²) in [4.78, 5) is 11.8. The molecule has 4 heteroatoms. The lowest BCUT2D eigenvalue weighted by Gasteiger charge is -2.19. The lowest BCUT2D eigenvalue weighted by atomic mass is 9.96. The molecule has 0 radical (unpaired) electrons. The summed E-state index contributed by atoms with van der Waals surface area (Å²) < 4.78 is 0. The molecule has 1 aliphatic carbocycles. The molecule has 0 aliphatic heterocycles. The zero-order chi connectivity index (χ0) is 15.3. The van der Waals surface area contributed by atoms with Gasteiger partial charge in [-0.1, -0.05) is 50.6 Å². The van der Waals surface area contributed by atoms with E-state index >= 15 is 0 Å². The normalized spacial score (nSPS) is 18.6. The fraction of sp³-hybridized carbons (Fsp3) is 0.588. The number of benzene rings is 1. The fourth-order valence-corrected chi connectivity index (χ4v) is 2.49. The van der Waals surface area contributed by atoms with E-state index in [1.54, 1.807) is 0 Å². The quantitative estimate of drug-likeness (QED) is 0.722. The molecule has 1 saturated carbocycles. The van der Waals surface area contributed by atoms with Gasteiger partial charge in [-0.2, -0.15) is 0 Å². The first-order valence-corrected chi connectivity index (χ1v) is 7.83. The predicted molar refractivity (Wildman–Crippen MR) is 84.2 cm³/mol. The molecule has 0 bridgehead atoms. The zero-order valence-electron chi connectivity index (χ0n) is 12.9. The molecular formula is C17H26N2O2. The monoisotopic (exact) mass is 290 g/mol. The van der Waals surface area contributed by atoms with Crippen LogP contribution in [0, 0.1) is 5.92 Å². The highest BCUT2D eigenvalue weighted by Gasteiger charge is 2.44. The van der Waals surface area contributed by atoms with E-state index in [2.05, 4.69) is 22.8 Å². The van der Waals surface area contributed by atoms with Gasteiger partial charge in [0, 0.05) is 18.5 Å². The van der Waals surface area contributed by atoms with Gasteiger partial charge in [0.1, 0.15) is 0 Å². The van der Waals surface area contributed by atoms with Crippen molar-refractivity contribution in [3.05, 3.63) is 35.9 Å². The standard InChI is InChI=1S/C17H26N2O2/c1-3-13(2)15(20)11-18-16(21)19-12-17(9-10-17)14-7-5-4-6-8-14/h4-8,13,15,20H,3,9-12H2,1-2H3,(H2,18,19,21). The largest absolute Gasteiger partial charge is 0.391 e. The molecule has 0 heterocycles. The van der Waals surface area contributed by atoms with Gasteiger partial charge in [0.05, 0.1) is 6.10 Å². The van der Waals surface area contributed by atoms with Gasteiger partial charge in [-0.3, -0.25) is 0 Å². The topological polar surface area (TPSA) is 61.4 Å². The van der Waals surface area contributed by atoms with Crippen molar-refractivity contribution in [1.29, 1.82) is 0 Å². The minimum absolute atomic E-state index is 0.119. The molecule has 2 rings (SSSR count). The second-order valence-corrected chi connectivity index (χ2v) is 6.16. The molecule has 4 nitrogen and oxygen atoms in total. The summed E-state index contributed by atoms with van der Waals surface area (Å²) in [5.41, 5.74) is 1.42. The van der Waals surface area contributed by atoms with Gasteiger partial charge >= 0.3 is 6.03 Å². The maximum absolute atomic E-state index is 11.8. The Kier molecular flexibility index (Phi) is 5.23. The fourth-order valence-electron chi connectivity index (χ4n) is 2.49. The molecule has 0 aromatic heterocycles. The van der Waals surface area contributed by atoms with Crippen LogP contribution < -0.4 is 10.6 Å². The Morgan fingerprint density at radius 2 is 1.95 bits per heavy atom. The Balaban J connectivity index is 1.75. The second-order valence-electron chi connectivity index (χ2n) is 6.16. The number of nitrogens with one attached hydrogen (secondary N) is 2. The molecule has 21 heavy (non-hydrogen) atoms. The van der Waals surface area contributed by atoms with Gasteiger partial charge in [0.2, 0.25) is 0 Å². The van der Waals surface area contributed by atoms with E-state index in [0.717, 1.165) is 19.3 Å². The van der Waals surface area contributed by atoms with E-state index in [4.69, 9.17) is 0 Å².